The zero-order chi connectivity index (χ0) is 24.2. The average molecular weight is 469 g/mol. The van der Waals surface area contributed by atoms with Gasteiger partial charge >= 0.3 is 6.03 Å². The van der Waals surface area contributed by atoms with Crippen molar-refractivity contribution in [1.29, 1.82) is 0 Å². The van der Waals surface area contributed by atoms with E-state index < -0.39 is 23.9 Å². The van der Waals surface area contributed by atoms with Crippen LogP contribution in [-0.4, -0.2) is 47.3 Å². The lowest BCUT2D eigenvalue weighted by Crippen LogP contribution is -2.38. The number of carbonyl (C=O) groups excluding carboxylic acids is 3. The number of nitrogens with zero attached hydrogens (tertiary/aromatic N) is 3. The Morgan fingerprint density at radius 1 is 0.829 bits per heavy atom. The first-order valence-electron chi connectivity index (χ1n) is 12.0. The molecule has 3 aromatic rings. The Bertz CT molecular complexity index is 1190. The number of urea groups is 1. The van der Waals surface area contributed by atoms with Crippen LogP contribution in [0.25, 0.3) is 0 Å². The zero-order valence-electron chi connectivity index (χ0n) is 19.5. The van der Waals surface area contributed by atoms with Crippen molar-refractivity contribution >= 4 is 29.2 Å². The summed E-state index contributed by atoms with van der Waals surface area (Å²) in [6.45, 7) is 2.04. The molecule has 178 valence electrons. The van der Waals surface area contributed by atoms with Crippen LogP contribution < -0.4 is 10.2 Å². The molecule has 2 aliphatic rings. The molecule has 7 nitrogen and oxygen atoms in total. The number of nitrogens with one attached hydrogen (secondary N) is 1. The Hall–Kier alpha value is -4.13. The fourth-order valence-corrected chi connectivity index (χ4v) is 4.76. The Kier molecular flexibility index (Phi) is 6.48. The summed E-state index contributed by atoms with van der Waals surface area (Å²) in [5.41, 5.74) is 3.41. The minimum atomic E-state index is -0.767. The lowest BCUT2D eigenvalue weighted by atomic mass is 10.1. The highest BCUT2D eigenvalue weighted by Gasteiger charge is 2.46. The van der Waals surface area contributed by atoms with Gasteiger partial charge in [0.25, 0.3) is 5.91 Å². The van der Waals surface area contributed by atoms with Crippen LogP contribution in [0.5, 0.6) is 0 Å². The van der Waals surface area contributed by atoms with Crippen molar-refractivity contribution in [1.82, 2.24) is 9.80 Å². The molecule has 5 rings (SSSR count). The Morgan fingerprint density at radius 3 is 2.11 bits per heavy atom. The first-order valence-corrected chi connectivity index (χ1v) is 12.0. The number of anilines is 2. The predicted octanol–water partition coefficient (Wildman–Crippen LogP) is 4.43. The summed E-state index contributed by atoms with van der Waals surface area (Å²) in [7, 11) is 0. The molecule has 3 aromatic carbocycles. The van der Waals surface area contributed by atoms with Gasteiger partial charge in [-0.25, -0.2) is 4.79 Å². The number of rotatable bonds is 7. The number of benzene rings is 3. The highest BCUT2D eigenvalue weighted by atomic mass is 16.2. The number of amides is 4. The maximum Gasteiger partial charge on any atom is 0.328 e. The topological polar surface area (TPSA) is 73.0 Å². The highest BCUT2D eigenvalue weighted by Crippen LogP contribution is 2.32. The molecule has 1 atom stereocenters. The number of hydrogen-bond acceptors (Lipinski definition) is 4. The standard InChI is InChI=1S/C28H28N4O3/c33-25(29-23-13-15-24(16-14-23)30-17-7-8-18-30)20-32-27(34)26(22-11-5-2-6-12-22)31(28(32)35)19-21-9-3-1-4-10-21/h1-6,9-16,26H,7-8,17-20H2,(H,29,33). The van der Waals surface area contributed by atoms with Gasteiger partial charge in [-0.1, -0.05) is 60.7 Å². The molecule has 0 radical (unpaired) electrons. The molecule has 1 N–H and O–H groups in total. The Morgan fingerprint density at radius 2 is 1.46 bits per heavy atom. The van der Waals surface area contributed by atoms with Gasteiger partial charge in [0.1, 0.15) is 12.6 Å². The summed E-state index contributed by atoms with van der Waals surface area (Å²) in [6.07, 6.45) is 2.39. The predicted molar refractivity (Wildman–Crippen MR) is 135 cm³/mol. The van der Waals surface area contributed by atoms with E-state index in [1.54, 1.807) is 0 Å². The van der Waals surface area contributed by atoms with E-state index in [0.29, 0.717) is 5.69 Å². The van der Waals surface area contributed by atoms with Crippen molar-refractivity contribution in [3.05, 3.63) is 96.1 Å². The number of hydrogen-bond donors (Lipinski definition) is 1. The molecule has 2 heterocycles. The van der Waals surface area contributed by atoms with Gasteiger partial charge in [-0.05, 0) is 48.2 Å². The first kappa shape index (κ1) is 22.7. The number of imide groups is 1. The maximum absolute atomic E-state index is 13.4. The fraction of sp³-hybridized carbons (Fsp3) is 0.250. The molecule has 0 aromatic heterocycles. The van der Waals surface area contributed by atoms with E-state index in [1.165, 1.54) is 17.7 Å². The SMILES string of the molecule is O=C(CN1C(=O)C(c2ccccc2)N(Cc2ccccc2)C1=O)Nc1ccc(N2CCCC2)cc1. The van der Waals surface area contributed by atoms with Gasteiger partial charge in [-0.3, -0.25) is 14.5 Å². The normalized spacial score (nSPS) is 17.8. The van der Waals surface area contributed by atoms with Crippen LogP contribution in [0.4, 0.5) is 16.2 Å². The van der Waals surface area contributed by atoms with Crippen molar-refractivity contribution in [2.24, 2.45) is 0 Å². The highest BCUT2D eigenvalue weighted by molar-refractivity contribution is 6.08. The van der Waals surface area contributed by atoms with E-state index >= 15 is 0 Å². The quantitative estimate of drug-likeness (QED) is 0.521. The van der Waals surface area contributed by atoms with Crippen LogP contribution in [-0.2, 0) is 16.1 Å². The summed E-state index contributed by atoms with van der Waals surface area (Å²) in [5.74, 6) is -0.800. The second kappa shape index (κ2) is 10.0. The molecule has 35 heavy (non-hydrogen) atoms. The summed E-state index contributed by atoms with van der Waals surface area (Å²) in [5, 5.41) is 2.82. The molecule has 2 fully saturated rings. The van der Waals surface area contributed by atoms with E-state index in [2.05, 4.69) is 10.2 Å². The van der Waals surface area contributed by atoms with Crippen LogP contribution >= 0.6 is 0 Å². The van der Waals surface area contributed by atoms with E-state index in [9.17, 15) is 14.4 Å². The van der Waals surface area contributed by atoms with Gasteiger partial charge in [-0.2, -0.15) is 0 Å². The van der Waals surface area contributed by atoms with E-state index in [1.807, 2.05) is 84.9 Å². The molecule has 0 saturated carbocycles. The van der Waals surface area contributed by atoms with Crippen LogP contribution in [0, 0.1) is 0 Å². The van der Waals surface area contributed by atoms with Crippen LogP contribution in [0.1, 0.15) is 30.0 Å². The molecule has 4 amide bonds. The van der Waals surface area contributed by atoms with Gasteiger partial charge in [0.05, 0.1) is 0 Å². The minimum absolute atomic E-state index is 0.279. The van der Waals surface area contributed by atoms with E-state index in [-0.39, 0.29) is 13.1 Å². The lowest BCUT2D eigenvalue weighted by molar-refractivity contribution is -0.131. The third-order valence-corrected chi connectivity index (χ3v) is 6.52. The molecule has 2 aliphatic heterocycles. The third kappa shape index (κ3) is 4.89. The third-order valence-electron chi connectivity index (χ3n) is 6.52. The molecule has 1 unspecified atom stereocenters. The van der Waals surface area contributed by atoms with Crippen LogP contribution in [0.2, 0.25) is 0 Å². The summed E-state index contributed by atoms with van der Waals surface area (Å²) in [4.78, 5) is 44.4. The molecular weight excluding hydrogens is 440 g/mol. The molecule has 0 aliphatic carbocycles. The van der Waals surface area contributed by atoms with Crippen molar-refractivity contribution in [3.63, 3.8) is 0 Å². The largest absolute Gasteiger partial charge is 0.372 e. The monoisotopic (exact) mass is 468 g/mol. The maximum atomic E-state index is 13.4. The van der Waals surface area contributed by atoms with Crippen molar-refractivity contribution in [2.75, 3.05) is 29.9 Å². The van der Waals surface area contributed by atoms with Crippen LogP contribution in [0.3, 0.4) is 0 Å². The summed E-state index contributed by atoms with van der Waals surface area (Å²) < 4.78 is 0. The molecule has 7 heteroatoms. The second-order valence-electron chi connectivity index (χ2n) is 8.92. The molecular formula is C28H28N4O3. The van der Waals surface area contributed by atoms with Gasteiger partial charge in [0.2, 0.25) is 5.91 Å². The smallest absolute Gasteiger partial charge is 0.328 e. The summed E-state index contributed by atoms with van der Waals surface area (Å²) in [6, 6.07) is 25.2. The van der Waals surface area contributed by atoms with Crippen molar-refractivity contribution in [3.8, 4) is 0 Å². The number of carbonyl (C=O) groups is 3. The van der Waals surface area contributed by atoms with E-state index in [0.717, 1.165) is 34.8 Å². The second-order valence-corrected chi connectivity index (χ2v) is 8.92. The van der Waals surface area contributed by atoms with Crippen molar-refractivity contribution < 1.29 is 14.4 Å². The van der Waals surface area contributed by atoms with Gasteiger partial charge in [-0.15, -0.1) is 0 Å². The lowest BCUT2D eigenvalue weighted by Gasteiger charge is -2.22. The molecule has 2 saturated heterocycles. The Labute approximate surface area is 204 Å². The molecule has 0 spiro atoms. The fourth-order valence-electron chi connectivity index (χ4n) is 4.76. The minimum Gasteiger partial charge on any atom is -0.372 e. The first-order chi connectivity index (χ1) is 17.1. The molecule has 0 bridgehead atoms. The van der Waals surface area contributed by atoms with Gasteiger partial charge in [0.15, 0.2) is 0 Å². The average Bonchev–Trinajstić information content (AvgIpc) is 3.50. The zero-order valence-corrected chi connectivity index (χ0v) is 19.5. The van der Waals surface area contributed by atoms with E-state index in [4.69, 9.17) is 0 Å². The van der Waals surface area contributed by atoms with Crippen molar-refractivity contribution in [2.45, 2.75) is 25.4 Å². The van der Waals surface area contributed by atoms with Crippen LogP contribution in [0.15, 0.2) is 84.9 Å². The van der Waals surface area contributed by atoms with Gasteiger partial charge < -0.3 is 15.1 Å². The van der Waals surface area contributed by atoms with Gasteiger partial charge in [0, 0.05) is 31.0 Å². The summed E-state index contributed by atoms with van der Waals surface area (Å²) >= 11 is 0. The Balaban J connectivity index is 1.30.